The van der Waals surface area contributed by atoms with Gasteiger partial charge in [-0.05, 0) is 63.2 Å². The van der Waals surface area contributed by atoms with Crippen LogP contribution in [0.4, 0.5) is 0 Å². The van der Waals surface area contributed by atoms with Gasteiger partial charge in [-0.2, -0.15) is 0 Å². The lowest BCUT2D eigenvalue weighted by atomic mass is 9.78. The molecule has 36 heavy (non-hydrogen) atoms. The van der Waals surface area contributed by atoms with Crippen molar-refractivity contribution >= 4 is 11.9 Å². The Hall–Kier alpha value is -1.14. The summed E-state index contributed by atoms with van der Waals surface area (Å²) in [4.78, 5) is 24.4. The van der Waals surface area contributed by atoms with Crippen molar-refractivity contribution in [1.29, 1.82) is 0 Å². The van der Waals surface area contributed by atoms with Gasteiger partial charge in [0.1, 0.15) is 0 Å². The summed E-state index contributed by atoms with van der Waals surface area (Å²) >= 11 is 0. The van der Waals surface area contributed by atoms with Gasteiger partial charge in [0.05, 0.1) is 49.5 Å². The number of unbranched alkanes of at least 4 members (excludes halogenated alkanes) is 4. The van der Waals surface area contributed by atoms with E-state index in [0.717, 1.165) is 63.2 Å². The molecule has 0 aromatic rings. The molecule has 6 nitrogen and oxygen atoms in total. The highest BCUT2D eigenvalue weighted by atomic mass is 16.6. The van der Waals surface area contributed by atoms with Crippen molar-refractivity contribution in [1.82, 2.24) is 0 Å². The van der Waals surface area contributed by atoms with E-state index in [4.69, 9.17) is 18.9 Å². The molecule has 0 aromatic heterocycles. The van der Waals surface area contributed by atoms with E-state index in [2.05, 4.69) is 0 Å². The molecule has 0 aromatic carbocycles. The Morgan fingerprint density at radius 2 is 0.972 bits per heavy atom. The second kappa shape index (κ2) is 13.1. The Bertz CT molecular complexity index is 656. The number of fused-ring (bicyclic) bond motifs is 2. The second-order valence-electron chi connectivity index (χ2n) is 12.4. The monoisotopic (exact) mass is 504 g/mol. The predicted octanol–water partition coefficient (Wildman–Crippen LogP) is 6.14. The van der Waals surface area contributed by atoms with E-state index in [1.165, 1.54) is 64.2 Å². The smallest absolute Gasteiger partial charge is 0.309 e. The third-order valence-electron chi connectivity index (χ3n) is 9.64. The number of hydrogen-bond acceptors (Lipinski definition) is 6. The Kier molecular flexibility index (Phi) is 9.62. The topological polar surface area (TPSA) is 77.7 Å². The van der Waals surface area contributed by atoms with Gasteiger partial charge in [0, 0.05) is 0 Å². The van der Waals surface area contributed by atoms with Crippen molar-refractivity contribution in [2.24, 2.45) is 23.7 Å². The highest BCUT2D eigenvalue weighted by Gasteiger charge is 2.47. The molecule has 2 heterocycles. The molecule has 5 aliphatic rings. The number of epoxide rings is 2. The van der Waals surface area contributed by atoms with Gasteiger partial charge in [-0.1, -0.05) is 64.2 Å². The zero-order valence-corrected chi connectivity index (χ0v) is 22.2. The fourth-order valence-corrected chi connectivity index (χ4v) is 7.05. The quantitative estimate of drug-likeness (QED) is 0.161. The molecule has 6 atom stereocenters. The molecule has 2 aliphatic heterocycles. The highest BCUT2D eigenvalue weighted by Crippen LogP contribution is 2.41. The fourth-order valence-electron chi connectivity index (χ4n) is 7.05. The van der Waals surface area contributed by atoms with Crippen LogP contribution >= 0.6 is 0 Å². The number of carbonyl (C=O) groups excluding carboxylic acids is 2. The first-order chi connectivity index (χ1) is 17.7. The highest BCUT2D eigenvalue weighted by molar-refractivity contribution is 5.73. The van der Waals surface area contributed by atoms with Crippen molar-refractivity contribution in [3.05, 3.63) is 0 Å². The summed E-state index contributed by atoms with van der Waals surface area (Å²) in [5.41, 5.74) is 0. The van der Waals surface area contributed by atoms with Gasteiger partial charge in [-0.25, -0.2) is 0 Å². The van der Waals surface area contributed by atoms with Crippen LogP contribution in [0.25, 0.3) is 0 Å². The minimum atomic E-state index is 0.00872. The van der Waals surface area contributed by atoms with Crippen LogP contribution in [0.15, 0.2) is 0 Å². The summed E-state index contributed by atoms with van der Waals surface area (Å²) in [6.07, 6.45) is 22.4. The normalized spacial score (nSPS) is 36.9. The van der Waals surface area contributed by atoms with Crippen LogP contribution in [0, 0.1) is 23.7 Å². The molecule has 6 unspecified atom stereocenters. The summed E-state index contributed by atoms with van der Waals surface area (Å²) in [6, 6.07) is 0. The molecule has 0 N–H and O–H groups in total. The molecule has 2 saturated heterocycles. The maximum absolute atomic E-state index is 12.2. The molecule has 5 fully saturated rings. The van der Waals surface area contributed by atoms with Gasteiger partial charge in [0.15, 0.2) is 0 Å². The van der Waals surface area contributed by atoms with E-state index in [9.17, 15) is 9.59 Å². The summed E-state index contributed by atoms with van der Waals surface area (Å²) in [7, 11) is 0. The summed E-state index contributed by atoms with van der Waals surface area (Å²) < 4.78 is 22.1. The van der Waals surface area contributed by atoms with Gasteiger partial charge >= 0.3 is 11.9 Å². The number of hydrogen-bond donors (Lipinski definition) is 0. The average Bonchev–Trinajstić information content (AvgIpc) is 3.82. The molecule has 6 heteroatoms. The second-order valence-corrected chi connectivity index (χ2v) is 12.4. The standard InChI is InChI=1S/C30H48O6/c31-29(23-13-15-25-27(19-23)35-25)33-17-5-1-3-7-21-9-11-22(12-10-21)8-4-2-6-18-34-30(32)24-14-16-26-28(20-24)36-26/h21-28H,1-20H2. The number of esters is 2. The van der Waals surface area contributed by atoms with Crippen LogP contribution in [-0.4, -0.2) is 49.6 Å². The van der Waals surface area contributed by atoms with Gasteiger partial charge < -0.3 is 18.9 Å². The largest absolute Gasteiger partial charge is 0.465 e. The molecule has 204 valence electrons. The van der Waals surface area contributed by atoms with Crippen LogP contribution < -0.4 is 0 Å². The molecule has 0 amide bonds. The Morgan fingerprint density at radius 3 is 1.39 bits per heavy atom. The summed E-state index contributed by atoms with van der Waals surface area (Å²) in [6.45, 7) is 1.18. The van der Waals surface area contributed by atoms with Gasteiger partial charge in [0.25, 0.3) is 0 Å². The van der Waals surface area contributed by atoms with E-state index >= 15 is 0 Å². The van der Waals surface area contributed by atoms with Crippen LogP contribution in [0.3, 0.4) is 0 Å². The first kappa shape index (κ1) is 26.5. The number of carbonyl (C=O) groups is 2. The Balaban J connectivity index is 0.803. The van der Waals surface area contributed by atoms with Crippen molar-refractivity contribution in [3.63, 3.8) is 0 Å². The molecular formula is C30H48O6. The van der Waals surface area contributed by atoms with E-state index in [0.29, 0.717) is 37.6 Å². The first-order valence-corrected chi connectivity index (χ1v) is 15.3. The van der Waals surface area contributed by atoms with Gasteiger partial charge in [0.2, 0.25) is 0 Å². The van der Waals surface area contributed by atoms with Crippen LogP contribution in [0.2, 0.25) is 0 Å². The third kappa shape index (κ3) is 7.93. The van der Waals surface area contributed by atoms with Crippen LogP contribution in [0.5, 0.6) is 0 Å². The Morgan fingerprint density at radius 1 is 0.528 bits per heavy atom. The van der Waals surface area contributed by atoms with E-state index < -0.39 is 0 Å². The average molecular weight is 505 g/mol. The number of ether oxygens (including phenoxy) is 4. The van der Waals surface area contributed by atoms with Gasteiger partial charge in [-0.15, -0.1) is 0 Å². The predicted molar refractivity (Wildman–Crippen MR) is 136 cm³/mol. The van der Waals surface area contributed by atoms with Crippen LogP contribution in [-0.2, 0) is 28.5 Å². The molecule has 0 bridgehead atoms. The zero-order chi connectivity index (χ0) is 24.7. The van der Waals surface area contributed by atoms with Crippen molar-refractivity contribution in [3.8, 4) is 0 Å². The fraction of sp³-hybridized carbons (Fsp3) is 0.933. The Labute approximate surface area is 217 Å². The maximum atomic E-state index is 12.2. The molecule has 3 aliphatic carbocycles. The van der Waals surface area contributed by atoms with E-state index in [1.807, 2.05) is 0 Å². The van der Waals surface area contributed by atoms with Crippen molar-refractivity contribution in [2.75, 3.05) is 13.2 Å². The first-order valence-electron chi connectivity index (χ1n) is 15.3. The lowest BCUT2D eigenvalue weighted by Gasteiger charge is -2.28. The minimum Gasteiger partial charge on any atom is -0.465 e. The van der Waals surface area contributed by atoms with Gasteiger partial charge in [-0.3, -0.25) is 9.59 Å². The summed E-state index contributed by atoms with van der Waals surface area (Å²) in [5.74, 6) is 1.97. The van der Waals surface area contributed by atoms with Crippen molar-refractivity contribution < 1.29 is 28.5 Å². The minimum absolute atomic E-state index is 0.00872. The SMILES string of the molecule is O=C(OCCCCCC1CCC(CCCCCOC(=O)C2CCC3OC3C2)CC1)C1CCC2OC2C1. The lowest BCUT2D eigenvalue weighted by molar-refractivity contribution is -0.150. The third-order valence-corrected chi connectivity index (χ3v) is 9.64. The van der Waals surface area contributed by atoms with E-state index in [1.54, 1.807) is 0 Å². The molecular weight excluding hydrogens is 456 g/mol. The van der Waals surface area contributed by atoms with E-state index in [-0.39, 0.29) is 23.8 Å². The molecule has 0 spiro atoms. The van der Waals surface area contributed by atoms with Crippen molar-refractivity contribution in [2.45, 2.75) is 140 Å². The lowest BCUT2D eigenvalue weighted by Crippen LogP contribution is -2.24. The van der Waals surface area contributed by atoms with Crippen LogP contribution in [0.1, 0.15) is 116 Å². The molecule has 5 rings (SSSR count). The maximum Gasteiger partial charge on any atom is 0.309 e. The number of rotatable bonds is 14. The molecule has 3 saturated carbocycles. The zero-order valence-electron chi connectivity index (χ0n) is 22.2. The summed E-state index contributed by atoms with van der Waals surface area (Å²) in [5, 5.41) is 0. The molecule has 0 radical (unpaired) electrons.